The van der Waals surface area contributed by atoms with Crippen molar-refractivity contribution in [3.63, 3.8) is 0 Å². The maximum atomic E-state index is 6.19. The number of alkyl halides is 1. The molecular weight excluding hydrogens is 224 g/mol. The number of halogens is 1. The average Bonchev–Trinajstić information content (AvgIpc) is 2.25. The fraction of sp³-hybridized carbons (Fsp3) is 0.538. The molecule has 2 heteroatoms. The Morgan fingerprint density at radius 3 is 2.47 bits per heavy atom. The van der Waals surface area contributed by atoms with E-state index in [2.05, 4.69) is 44.2 Å². The standard InChI is InChI=1S/C13H19ClS/c1-11(2)13(14)9-6-10-15-12-7-4-3-5-8-12/h3-5,7-8,11,13H,6,9-10H2,1-2H3. The van der Waals surface area contributed by atoms with E-state index in [1.54, 1.807) is 0 Å². The van der Waals surface area contributed by atoms with Crippen LogP contribution in [0.25, 0.3) is 0 Å². The Hall–Kier alpha value is -0.140. The molecule has 1 aromatic carbocycles. The second-order valence-electron chi connectivity index (χ2n) is 4.06. The summed E-state index contributed by atoms with van der Waals surface area (Å²) in [5, 5.41) is 0.335. The monoisotopic (exact) mass is 242 g/mol. The van der Waals surface area contributed by atoms with Gasteiger partial charge in [0.15, 0.2) is 0 Å². The van der Waals surface area contributed by atoms with Crippen LogP contribution in [0.5, 0.6) is 0 Å². The summed E-state index contributed by atoms with van der Waals surface area (Å²) in [6.07, 6.45) is 2.32. The molecule has 0 heterocycles. The van der Waals surface area contributed by atoms with Crippen LogP contribution < -0.4 is 0 Å². The van der Waals surface area contributed by atoms with Crippen LogP contribution in [0.4, 0.5) is 0 Å². The summed E-state index contributed by atoms with van der Waals surface area (Å²) in [5.41, 5.74) is 0. The molecule has 0 aliphatic carbocycles. The Balaban J connectivity index is 2.12. The molecule has 0 bridgehead atoms. The molecule has 1 rings (SSSR count). The number of hydrogen-bond acceptors (Lipinski definition) is 1. The predicted molar refractivity (Wildman–Crippen MR) is 70.9 cm³/mol. The van der Waals surface area contributed by atoms with Gasteiger partial charge in [-0.05, 0) is 36.6 Å². The van der Waals surface area contributed by atoms with E-state index in [9.17, 15) is 0 Å². The van der Waals surface area contributed by atoms with Crippen molar-refractivity contribution >= 4 is 23.4 Å². The molecule has 0 aliphatic heterocycles. The molecule has 0 aliphatic rings. The Bertz CT molecular complexity index is 258. The summed E-state index contributed by atoms with van der Waals surface area (Å²) in [4.78, 5) is 1.35. The van der Waals surface area contributed by atoms with Gasteiger partial charge in [0.05, 0.1) is 0 Å². The maximum Gasteiger partial charge on any atom is 0.0359 e. The van der Waals surface area contributed by atoms with Crippen molar-refractivity contribution in [1.29, 1.82) is 0 Å². The van der Waals surface area contributed by atoms with Gasteiger partial charge < -0.3 is 0 Å². The molecule has 1 atom stereocenters. The molecule has 0 amide bonds. The Morgan fingerprint density at radius 1 is 1.20 bits per heavy atom. The molecule has 15 heavy (non-hydrogen) atoms. The quantitative estimate of drug-likeness (QED) is 0.392. The highest BCUT2D eigenvalue weighted by atomic mass is 35.5. The fourth-order valence-electron chi connectivity index (χ4n) is 1.32. The third kappa shape index (κ3) is 5.48. The van der Waals surface area contributed by atoms with E-state index < -0.39 is 0 Å². The van der Waals surface area contributed by atoms with E-state index in [1.807, 2.05) is 11.8 Å². The zero-order valence-electron chi connectivity index (χ0n) is 9.45. The van der Waals surface area contributed by atoms with E-state index in [1.165, 1.54) is 17.1 Å². The van der Waals surface area contributed by atoms with Gasteiger partial charge in [-0.15, -0.1) is 23.4 Å². The van der Waals surface area contributed by atoms with Crippen LogP contribution in [0, 0.1) is 5.92 Å². The molecule has 84 valence electrons. The van der Waals surface area contributed by atoms with Crippen molar-refractivity contribution in [3.05, 3.63) is 30.3 Å². The van der Waals surface area contributed by atoms with Crippen molar-refractivity contribution in [3.8, 4) is 0 Å². The van der Waals surface area contributed by atoms with Crippen LogP contribution in [0.15, 0.2) is 35.2 Å². The number of rotatable bonds is 6. The van der Waals surface area contributed by atoms with Crippen LogP contribution in [0.3, 0.4) is 0 Å². The van der Waals surface area contributed by atoms with E-state index in [0.717, 1.165) is 6.42 Å². The smallest absolute Gasteiger partial charge is 0.0359 e. The SMILES string of the molecule is CC(C)C(Cl)CCCSc1ccccc1. The lowest BCUT2D eigenvalue weighted by molar-refractivity contribution is 0.561. The molecule has 0 saturated carbocycles. The molecule has 0 aromatic heterocycles. The maximum absolute atomic E-state index is 6.19. The third-order valence-corrected chi connectivity index (χ3v) is 4.18. The summed E-state index contributed by atoms with van der Waals surface area (Å²) in [6, 6.07) is 10.5. The Labute approximate surface area is 102 Å². The lowest BCUT2D eigenvalue weighted by Gasteiger charge is -2.12. The minimum absolute atomic E-state index is 0.335. The lowest BCUT2D eigenvalue weighted by atomic mass is 10.1. The van der Waals surface area contributed by atoms with Gasteiger partial charge >= 0.3 is 0 Å². The van der Waals surface area contributed by atoms with Gasteiger partial charge in [-0.2, -0.15) is 0 Å². The zero-order valence-corrected chi connectivity index (χ0v) is 11.0. The molecule has 1 unspecified atom stereocenters. The minimum atomic E-state index is 0.335. The topological polar surface area (TPSA) is 0 Å². The molecular formula is C13H19ClS. The van der Waals surface area contributed by atoms with Gasteiger partial charge in [-0.1, -0.05) is 32.0 Å². The van der Waals surface area contributed by atoms with Crippen LogP contribution in [0.2, 0.25) is 0 Å². The van der Waals surface area contributed by atoms with Crippen molar-refractivity contribution < 1.29 is 0 Å². The Kier molecular flexibility index (Phi) is 6.19. The molecule has 1 aromatic rings. The zero-order chi connectivity index (χ0) is 11.1. The van der Waals surface area contributed by atoms with Crippen molar-refractivity contribution in [2.45, 2.75) is 37.0 Å². The molecule has 0 spiro atoms. The summed E-state index contributed by atoms with van der Waals surface area (Å²) in [6.45, 7) is 4.37. The number of thioether (sulfide) groups is 1. The first-order valence-corrected chi connectivity index (χ1v) is 6.94. The molecule has 0 saturated heterocycles. The van der Waals surface area contributed by atoms with Crippen molar-refractivity contribution in [2.75, 3.05) is 5.75 Å². The highest BCUT2D eigenvalue weighted by Crippen LogP contribution is 2.21. The van der Waals surface area contributed by atoms with Crippen molar-refractivity contribution in [2.24, 2.45) is 5.92 Å². The highest BCUT2D eigenvalue weighted by Gasteiger charge is 2.08. The fourth-order valence-corrected chi connectivity index (χ4v) is 2.37. The Morgan fingerprint density at radius 2 is 1.87 bits per heavy atom. The van der Waals surface area contributed by atoms with Gasteiger partial charge in [0, 0.05) is 10.3 Å². The first-order chi connectivity index (χ1) is 7.20. The van der Waals surface area contributed by atoms with Crippen LogP contribution >= 0.6 is 23.4 Å². The van der Waals surface area contributed by atoms with E-state index in [4.69, 9.17) is 11.6 Å². The number of benzene rings is 1. The van der Waals surface area contributed by atoms with E-state index in [0.29, 0.717) is 11.3 Å². The lowest BCUT2D eigenvalue weighted by Crippen LogP contribution is -2.07. The summed E-state index contributed by atoms with van der Waals surface area (Å²) < 4.78 is 0. The molecule has 0 nitrogen and oxygen atoms in total. The van der Waals surface area contributed by atoms with Crippen molar-refractivity contribution in [1.82, 2.24) is 0 Å². The molecule has 0 radical (unpaired) electrons. The number of hydrogen-bond donors (Lipinski definition) is 0. The van der Waals surface area contributed by atoms with E-state index >= 15 is 0 Å². The van der Waals surface area contributed by atoms with Gasteiger partial charge in [-0.25, -0.2) is 0 Å². The first kappa shape index (κ1) is 12.9. The van der Waals surface area contributed by atoms with Gasteiger partial charge in [0.2, 0.25) is 0 Å². The molecule has 0 N–H and O–H groups in total. The summed E-state index contributed by atoms with van der Waals surface area (Å²) >= 11 is 8.10. The van der Waals surface area contributed by atoms with Crippen LogP contribution in [0.1, 0.15) is 26.7 Å². The van der Waals surface area contributed by atoms with Crippen LogP contribution in [-0.4, -0.2) is 11.1 Å². The third-order valence-electron chi connectivity index (χ3n) is 2.36. The predicted octanol–water partition coefficient (Wildman–Crippen LogP) is 4.82. The summed E-state index contributed by atoms with van der Waals surface area (Å²) in [7, 11) is 0. The highest BCUT2D eigenvalue weighted by molar-refractivity contribution is 7.99. The van der Waals surface area contributed by atoms with Gasteiger partial charge in [-0.3, -0.25) is 0 Å². The first-order valence-electron chi connectivity index (χ1n) is 5.52. The minimum Gasteiger partial charge on any atom is -0.126 e. The molecule has 0 fully saturated rings. The second kappa shape index (κ2) is 7.19. The average molecular weight is 243 g/mol. The van der Waals surface area contributed by atoms with E-state index in [-0.39, 0.29) is 0 Å². The normalized spacial score (nSPS) is 13.1. The van der Waals surface area contributed by atoms with Gasteiger partial charge in [0.25, 0.3) is 0 Å². The van der Waals surface area contributed by atoms with Gasteiger partial charge in [0.1, 0.15) is 0 Å². The second-order valence-corrected chi connectivity index (χ2v) is 5.79. The van der Waals surface area contributed by atoms with Crippen LogP contribution in [-0.2, 0) is 0 Å². The summed E-state index contributed by atoms with van der Waals surface area (Å²) in [5.74, 6) is 1.76. The largest absolute Gasteiger partial charge is 0.126 e.